The number of piperazine rings is 1. The molecule has 0 unspecified atom stereocenters. The quantitative estimate of drug-likeness (QED) is 0.736. The Hall–Kier alpha value is -2.38. The molecule has 150 valence electrons. The van der Waals surface area contributed by atoms with Gasteiger partial charge in [-0.25, -0.2) is 13.2 Å². The predicted octanol–water partition coefficient (Wildman–Crippen LogP) is 2.91. The van der Waals surface area contributed by atoms with Crippen LogP contribution in [0.4, 0.5) is 5.69 Å². The number of rotatable bonds is 4. The normalized spacial score (nSPS) is 15.5. The average molecular weight is 403 g/mol. The molecule has 0 aromatic heterocycles. The van der Waals surface area contributed by atoms with E-state index in [1.807, 2.05) is 6.07 Å². The fraction of sp³-hybridized carbons (Fsp3) is 0.381. The summed E-state index contributed by atoms with van der Waals surface area (Å²) < 4.78 is 32.5. The summed E-state index contributed by atoms with van der Waals surface area (Å²) in [4.78, 5) is 14.1. The largest absolute Gasteiger partial charge is 0.465 e. The topological polar surface area (TPSA) is 66.9 Å². The molecule has 0 bridgehead atoms. The number of hydrogen-bond donors (Lipinski definition) is 0. The molecule has 1 fully saturated rings. The van der Waals surface area contributed by atoms with Crippen LogP contribution in [0.25, 0.3) is 0 Å². The van der Waals surface area contributed by atoms with Crippen molar-refractivity contribution in [3.05, 3.63) is 58.7 Å². The second kappa shape index (κ2) is 7.93. The lowest BCUT2D eigenvalue weighted by molar-refractivity contribution is 0.0600. The maximum Gasteiger partial charge on any atom is 0.337 e. The van der Waals surface area contributed by atoms with Crippen molar-refractivity contribution in [3.63, 3.8) is 0 Å². The van der Waals surface area contributed by atoms with Crippen LogP contribution in [0.15, 0.2) is 41.3 Å². The number of aryl methyl sites for hydroxylation is 2. The van der Waals surface area contributed by atoms with Crippen molar-refractivity contribution in [3.8, 4) is 0 Å². The highest BCUT2D eigenvalue weighted by atomic mass is 32.2. The first-order chi connectivity index (χ1) is 13.3. The second-order valence-corrected chi connectivity index (χ2v) is 8.99. The summed E-state index contributed by atoms with van der Waals surface area (Å²) >= 11 is 0. The molecule has 1 heterocycles. The van der Waals surface area contributed by atoms with Crippen LogP contribution >= 0.6 is 0 Å². The monoisotopic (exact) mass is 402 g/mol. The number of sulfonamides is 1. The average Bonchev–Trinajstić information content (AvgIpc) is 2.69. The van der Waals surface area contributed by atoms with E-state index in [9.17, 15) is 13.2 Å². The van der Waals surface area contributed by atoms with E-state index in [4.69, 9.17) is 4.74 Å². The summed E-state index contributed by atoms with van der Waals surface area (Å²) in [5, 5.41) is 0. The number of carbonyl (C=O) groups is 1. The first-order valence-electron chi connectivity index (χ1n) is 9.26. The smallest absolute Gasteiger partial charge is 0.337 e. The molecule has 0 radical (unpaired) electrons. The van der Waals surface area contributed by atoms with Gasteiger partial charge in [-0.15, -0.1) is 0 Å². The highest BCUT2D eigenvalue weighted by Crippen LogP contribution is 2.27. The van der Waals surface area contributed by atoms with Crippen LogP contribution in [0.5, 0.6) is 0 Å². The molecule has 28 heavy (non-hydrogen) atoms. The van der Waals surface area contributed by atoms with Gasteiger partial charge >= 0.3 is 5.97 Å². The zero-order valence-electron chi connectivity index (χ0n) is 16.7. The van der Waals surface area contributed by atoms with E-state index in [1.54, 1.807) is 13.0 Å². The minimum absolute atomic E-state index is 0.236. The molecule has 7 heteroatoms. The fourth-order valence-corrected chi connectivity index (χ4v) is 5.20. The van der Waals surface area contributed by atoms with Crippen LogP contribution in [0.2, 0.25) is 0 Å². The molecule has 2 aromatic carbocycles. The van der Waals surface area contributed by atoms with Gasteiger partial charge in [-0.05, 0) is 61.7 Å². The van der Waals surface area contributed by atoms with Crippen LogP contribution in [0.3, 0.4) is 0 Å². The SMILES string of the molecule is COC(=O)c1ccc(S(=O)(=O)N2CCN(c3cccc(C)c3C)CC2)c(C)c1. The van der Waals surface area contributed by atoms with Crippen LogP contribution in [0, 0.1) is 20.8 Å². The van der Waals surface area contributed by atoms with E-state index in [0.29, 0.717) is 37.3 Å². The Balaban J connectivity index is 1.78. The lowest BCUT2D eigenvalue weighted by atomic mass is 10.1. The van der Waals surface area contributed by atoms with Gasteiger partial charge in [0.15, 0.2) is 0 Å². The first-order valence-corrected chi connectivity index (χ1v) is 10.7. The van der Waals surface area contributed by atoms with Crippen LogP contribution in [-0.2, 0) is 14.8 Å². The summed E-state index contributed by atoms with van der Waals surface area (Å²) in [7, 11) is -2.31. The highest BCUT2D eigenvalue weighted by molar-refractivity contribution is 7.89. The Morgan fingerprint density at radius 1 is 0.964 bits per heavy atom. The molecule has 1 aliphatic rings. The zero-order valence-corrected chi connectivity index (χ0v) is 17.5. The molecule has 1 saturated heterocycles. The molecule has 6 nitrogen and oxygen atoms in total. The van der Waals surface area contributed by atoms with E-state index in [1.165, 1.54) is 34.7 Å². The Bertz CT molecular complexity index is 993. The van der Waals surface area contributed by atoms with Crippen molar-refractivity contribution in [1.82, 2.24) is 4.31 Å². The molecule has 0 N–H and O–H groups in total. The number of esters is 1. The summed E-state index contributed by atoms with van der Waals surface area (Å²) in [6.45, 7) is 8.01. The molecule has 3 rings (SSSR count). The van der Waals surface area contributed by atoms with Crippen LogP contribution < -0.4 is 4.90 Å². The van der Waals surface area contributed by atoms with Crippen molar-refractivity contribution in [1.29, 1.82) is 0 Å². The van der Waals surface area contributed by atoms with Crippen molar-refractivity contribution in [2.75, 3.05) is 38.2 Å². The van der Waals surface area contributed by atoms with Gasteiger partial charge in [0.1, 0.15) is 0 Å². The highest BCUT2D eigenvalue weighted by Gasteiger charge is 2.30. The molecule has 2 aromatic rings. The van der Waals surface area contributed by atoms with Gasteiger partial charge in [-0.2, -0.15) is 4.31 Å². The fourth-order valence-electron chi connectivity index (χ4n) is 3.57. The molecule has 0 spiro atoms. The van der Waals surface area contributed by atoms with Gasteiger partial charge in [0.2, 0.25) is 10.0 Å². The second-order valence-electron chi connectivity index (χ2n) is 7.08. The maximum absolute atomic E-state index is 13.1. The van der Waals surface area contributed by atoms with Gasteiger partial charge in [0, 0.05) is 31.9 Å². The number of nitrogens with zero attached hydrogens (tertiary/aromatic N) is 2. The number of benzene rings is 2. The van der Waals surface area contributed by atoms with E-state index in [-0.39, 0.29) is 4.90 Å². The summed E-state index contributed by atoms with van der Waals surface area (Å²) in [5.41, 5.74) is 4.51. The number of carbonyl (C=O) groups excluding carboxylic acids is 1. The standard InChI is InChI=1S/C21H26N2O4S/c1-15-6-5-7-19(17(15)3)22-10-12-23(13-11-22)28(25,26)20-9-8-18(14-16(20)2)21(24)27-4/h5-9,14H,10-13H2,1-4H3. The maximum atomic E-state index is 13.1. The third-order valence-electron chi connectivity index (χ3n) is 5.37. The van der Waals surface area contributed by atoms with E-state index in [2.05, 4.69) is 30.9 Å². The number of hydrogen-bond acceptors (Lipinski definition) is 5. The minimum atomic E-state index is -3.61. The van der Waals surface area contributed by atoms with Crippen molar-refractivity contribution < 1.29 is 17.9 Å². The Kier molecular flexibility index (Phi) is 5.76. The van der Waals surface area contributed by atoms with E-state index in [0.717, 1.165) is 5.69 Å². The first kappa shape index (κ1) is 20.4. The lowest BCUT2D eigenvalue weighted by Gasteiger charge is -2.36. The molecular weight excluding hydrogens is 376 g/mol. The van der Waals surface area contributed by atoms with E-state index < -0.39 is 16.0 Å². The third-order valence-corrected chi connectivity index (χ3v) is 7.43. The molecule has 0 atom stereocenters. The molecule has 1 aliphatic heterocycles. The third kappa shape index (κ3) is 3.77. The van der Waals surface area contributed by atoms with Crippen LogP contribution in [-0.4, -0.2) is 52.0 Å². The molecule has 0 saturated carbocycles. The number of anilines is 1. The van der Waals surface area contributed by atoms with Gasteiger partial charge in [0.25, 0.3) is 0 Å². The Morgan fingerprint density at radius 3 is 2.25 bits per heavy atom. The van der Waals surface area contributed by atoms with Crippen molar-refractivity contribution >= 4 is 21.7 Å². The van der Waals surface area contributed by atoms with Gasteiger partial charge < -0.3 is 9.64 Å². The Morgan fingerprint density at radius 2 is 1.64 bits per heavy atom. The summed E-state index contributed by atoms with van der Waals surface area (Å²) in [6, 6.07) is 10.8. The van der Waals surface area contributed by atoms with Gasteiger partial charge in [0.05, 0.1) is 17.6 Å². The summed E-state index contributed by atoms with van der Waals surface area (Å²) in [6.07, 6.45) is 0. The predicted molar refractivity (Wildman–Crippen MR) is 109 cm³/mol. The van der Waals surface area contributed by atoms with Gasteiger partial charge in [-0.1, -0.05) is 12.1 Å². The van der Waals surface area contributed by atoms with Crippen molar-refractivity contribution in [2.24, 2.45) is 0 Å². The number of methoxy groups -OCH3 is 1. The van der Waals surface area contributed by atoms with Gasteiger partial charge in [-0.3, -0.25) is 0 Å². The zero-order chi connectivity index (χ0) is 20.5. The Labute approximate surface area is 166 Å². The molecule has 0 amide bonds. The molecular formula is C21H26N2O4S. The van der Waals surface area contributed by atoms with Crippen LogP contribution in [0.1, 0.15) is 27.0 Å². The van der Waals surface area contributed by atoms with Crippen molar-refractivity contribution in [2.45, 2.75) is 25.7 Å². The number of ether oxygens (including phenoxy) is 1. The lowest BCUT2D eigenvalue weighted by Crippen LogP contribution is -2.49. The summed E-state index contributed by atoms with van der Waals surface area (Å²) in [5.74, 6) is -0.478. The van der Waals surface area contributed by atoms with E-state index >= 15 is 0 Å². The minimum Gasteiger partial charge on any atom is -0.465 e. The molecule has 0 aliphatic carbocycles.